The van der Waals surface area contributed by atoms with Gasteiger partial charge in [0.25, 0.3) is 0 Å². The largest absolute Gasteiger partial charge is 0.0985 e. The molecule has 0 N–H and O–H groups in total. The van der Waals surface area contributed by atoms with Crippen molar-refractivity contribution in [3.05, 3.63) is 65.7 Å². The molecule has 0 amide bonds. The van der Waals surface area contributed by atoms with Crippen molar-refractivity contribution in [1.29, 1.82) is 0 Å². The number of benzene rings is 2. The summed E-state index contributed by atoms with van der Waals surface area (Å²) in [5, 5.41) is 0. The summed E-state index contributed by atoms with van der Waals surface area (Å²) in [6, 6.07) is 15.6. The maximum absolute atomic E-state index is 3.88. The van der Waals surface area contributed by atoms with Crippen LogP contribution in [0.3, 0.4) is 0 Å². The highest BCUT2D eigenvalue weighted by Gasteiger charge is 2.27. The summed E-state index contributed by atoms with van der Waals surface area (Å²) >= 11 is 0. The Morgan fingerprint density at radius 2 is 1.84 bits per heavy atom. The third-order valence-corrected chi connectivity index (χ3v) is 4.16. The van der Waals surface area contributed by atoms with Crippen LogP contribution in [0.5, 0.6) is 0 Å². The lowest BCUT2D eigenvalue weighted by Gasteiger charge is -2.12. The quantitative estimate of drug-likeness (QED) is 0.657. The molecule has 3 rings (SSSR count). The van der Waals surface area contributed by atoms with Crippen LogP contribution in [0.2, 0.25) is 0 Å². The first kappa shape index (κ1) is 12.2. The molecule has 19 heavy (non-hydrogen) atoms. The molecule has 0 nitrogen and oxygen atoms in total. The average molecular weight is 248 g/mol. The number of unbranched alkanes of at least 4 members (excludes halogenated alkanes) is 1. The highest BCUT2D eigenvalue weighted by Crippen LogP contribution is 2.47. The number of hydrogen-bond acceptors (Lipinski definition) is 0. The van der Waals surface area contributed by atoms with Gasteiger partial charge < -0.3 is 0 Å². The molecule has 0 fully saturated rings. The van der Waals surface area contributed by atoms with Crippen molar-refractivity contribution >= 4 is 6.08 Å². The van der Waals surface area contributed by atoms with Gasteiger partial charge in [-0.05, 0) is 40.3 Å². The molecule has 0 bridgehead atoms. The van der Waals surface area contributed by atoms with Crippen LogP contribution in [0.15, 0.2) is 49.0 Å². The predicted octanol–water partition coefficient (Wildman–Crippen LogP) is 5.63. The lowest BCUT2D eigenvalue weighted by Crippen LogP contribution is -1.96. The Hall–Kier alpha value is -1.82. The summed E-state index contributed by atoms with van der Waals surface area (Å²) in [6.45, 7) is 6.15. The highest BCUT2D eigenvalue weighted by atomic mass is 14.3. The smallest absolute Gasteiger partial charge is 0.0102 e. The van der Waals surface area contributed by atoms with Crippen molar-refractivity contribution in [2.75, 3.05) is 0 Å². The van der Waals surface area contributed by atoms with E-state index in [9.17, 15) is 0 Å². The average Bonchev–Trinajstić information content (AvgIpc) is 2.78. The molecule has 2 aromatic rings. The normalized spacial score (nSPS) is 15.9. The van der Waals surface area contributed by atoms with Crippen LogP contribution < -0.4 is 0 Å². The van der Waals surface area contributed by atoms with Crippen LogP contribution >= 0.6 is 0 Å². The van der Waals surface area contributed by atoms with Gasteiger partial charge in [-0.1, -0.05) is 68.8 Å². The fraction of sp³-hybridized carbons (Fsp3) is 0.263. The molecule has 1 aliphatic rings. The molecule has 96 valence electrons. The Labute approximate surface area is 115 Å². The van der Waals surface area contributed by atoms with E-state index >= 15 is 0 Å². The summed E-state index contributed by atoms with van der Waals surface area (Å²) in [7, 11) is 0. The van der Waals surface area contributed by atoms with Gasteiger partial charge in [-0.3, -0.25) is 0 Å². The molecular weight excluding hydrogens is 228 g/mol. The zero-order valence-corrected chi connectivity index (χ0v) is 11.5. The first-order chi connectivity index (χ1) is 9.35. The Morgan fingerprint density at radius 3 is 2.63 bits per heavy atom. The topological polar surface area (TPSA) is 0 Å². The highest BCUT2D eigenvalue weighted by molar-refractivity contribution is 5.80. The van der Waals surface area contributed by atoms with Gasteiger partial charge in [0, 0.05) is 5.92 Å². The van der Waals surface area contributed by atoms with Gasteiger partial charge in [-0.2, -0.15) is 0 Å². The van der Waals surface area contributed by atoms with Gasteiger partial charge in [0.05, 0.1) is 0 Å². The fourth-order valence-corrected chi connectivity index (χ4v) is 3.17. The number of hydrogen-bond donors (Lipinski definition) is 0. The van der Waals surface area contributed by atoms with Crippen LogP contribution in [0.1, 0.15) is 48.8 Å². The van der Waals surface area contributed by atoms with Gasteiger partial charge in [0.2, 0.25) is 0 Å². The van der Waals surface area contributed by atoms with Gasteiger partial charge in [0.1, 0.15) is 0 Å². The van der Waals surface area contributed by atoms with E-state index in [1.165, 1.54) is 47.1 Å². The Balaban J connectivity index is 2.13. The van der Waals surface area contributed by atoms with Crippen LogP contribution in [-0.2, 0) is 0 Å². The van der Waals surface area contributed by atoms with Gasteiger partial charge >= 0.3 is 0 Å². The van der Waals surface area contributed by atoms with Crippen LogP contribution in [0.25, 0.3) is 17.2 Å². The van der Waals surface area contributed by atoms with E-state index < -0.39 is 0 Å². The molecule has 0 aromatic heterocycles. The molecule has 0 heterocycles. The fourth-order valence-electron chi connectivity index (χ4n) is 3.17. The van der Waals surface area contributed by atoms with Crippen LogP contribution in [0.4, 0.5) is 0 Å². The second-order valence-corrected chi connectivity index (χ2v) is 5.33. The Bertz CT molecular complexity index is 607. The third kappa shape index (κ3) is 2.02. The van der Waals surface area contributed by atoms with E-state index in [0.717, 1.165) is 0 Å². The lowest BCUT2D eigenvalue weighted by atomic mass is 9.91. The van der Waals surface area contributed by atoms with Crippen molar-refractivity contribution in [1.82, 2.24) is 0 Å². The monoisotopic (exact) mass is 248 g/mol. The summed E-state index contributed by atoms with van der Waals surface area (Å²) in [4.78, 5) is 0. The van der Waals surface area contributed by atoms with E-state index in [2.05, 4.69) is 56.0 Å². The first-order valence-electron chi connectivity index (χ1n) is 7.21. The van der Waals surface area contributed by atoms with E-state index in [1.807, 2.05) is 6.08 Å². The number of rotatable bonds is 4. The molecule has 1 unspecified atom stereocenters. The zero-order chi connectivity index (χ0) is 13.2. The van der Waals surface area contributed by atoms with Crippen LogP contribution in [0, 0.1) is 0 Å². The Morgan fingerprint density at radius 1 is 1.05 bits per heavy atom. The molecule has 2 aromatic carbocycles. The zero-order valence-electron chi connectivity index (χ0n) is 11.5. The molecule has 0 aliphatic heterocycles. The number of fused-ring (bicyclic) bond motifs is 3. The molecular formula is C19H20. The molecule has 0 saturated carbocycles. The minimum Gasteiger partial charge on any atom is -0.0985 e. The van der Waals surface area contributed by atoms with Gasteiger partial charge in [-0.25, -0.2) is 0 Å². The van der Waals surface area contributed by atoms with E-state index in [4.69, 9.17) is 0 Å². The summed E-state index contributed by atoms with van der Waals surface area (Å²) in [5.41, 5.74) is 7.05. The minimum atomic E-state index is 0.588. The predicted molar refractivity (Wildman–Crippen MR) is 83.3 cm³/mol. The second-order valence-electron chi connectivity index (χ2n) is 5.33. The maximum Gasteiger partial charge on any atom is 0.0102 e. The molecule has 0 saturated heterocycles. The van der Waals surface area contributed by atoms with E-state index in [-0.39, 0.29) is 0 Å². The van der Waals surface area contributed by atoms with E-state index in [1.54, 1.807) is 0 Å². The summed E-state index contributed by atoms with van der Waals surface area (Å²) < 4.78 is 0. The Kier molecular flexibility index (Phi) is 3.25. The summed E-state index contributed by atoms with van der Waals surface area (Å²) in [6.07, 6.45) is 5.75. The molecule has 0 radical (unpaired) electrons. The molecule has 0 spiro atoms. The van der Waals surface area contributed by atoms with Crippen molar-refractivity contribution in [2.24, 2.45) is 0 Å². The van der Waals surface area contributed by atoms with Gasteiger partial charge in [-0.15, -0.1) is 0 Å². The van der Waals surface area contributed by atoms with Crippen molar-refractivity contribution < 1.29 is 0 Å². The molecule has 1 aliphatic carbocycles. The minimum absolute atomic E-state index is 0.588. The SMILES string of the molecule is C=Cc1ccc2c(c1)-c1ccccc1C2CCCC. The lowest BCUT2D eigenvalue weighted by molar-refractivity contribution is 0.659. The summed E-state index contributed by atoms with van der Waals surface area (Å²) in [5.74, 6) is 0.588. The first-order valence-corrected chi connectivity index (χ1v) is 7.21. The molecule has 0 heteroatoms. The maximum atomic E-state index is 3.88. The van der Waals surface area contributed by atoms with E-state index in [0.29, 0.717) is 5.92 Å². The molecule has 1 atom stereocenters. The van der Waals surface area contributed by atoms with Gasteiger partial charge in [0.15, 0.2) is 0 Å². The standard InChI is InChI=1S/C19H20/c1-3-5-8-15-16-9-6-7-10-17(16)19-13-14(4-2)11-12-18(15)19/h4,6-7,9-13,15H,2-3,5,8H2,1H3. The van der Waals surface area contributed by atoms with Crippen molar-refractivity contribution in [3.63, 3.8) is 0 Å². The second kappa shape index (κ2) is 5.05. The third-order valence-electron chi connectivity index (χ3n) is 4.16. The van der Waals surface area contributed by atoms with Crippen molar-refractivity contribution in [2.45, 2.75) is 32.1 Å². The van der Waals surface area contributed by atoms with Crippen LogP contribution in [-0.4, -0.2) is 0 Å². The van der Waals surface area contributed by atoms with Crippen molar-refractivity contribution in [3.8, 4) is 11.1 Å².